The van der Waals surface area contributed by atoms with Gasteiger partial charge in [-0.25, -0.2) is 9.97 Å². The van der Waals surface area contributed by atoms with Crippen LogP contribution in [-0.2, 0) is 0 Å². The highest BCUT2D eigenvalue weighted by molar-refractivity contribution is 6.04. The number of hydrogen-bond acceptors (Lipinski definition) is 5. The van der Waals surface area contributed by atoms with Crippen molar-refractivity contribution in [2.75, 3.05) is 24.3 Å². The first-order valence-corrected chi connectivity index (χ1v) is 6.76. The predicted molar refractivity (Wildman–Crippen MR) is 84.9 cm³/mol. The Balaban J connectivity index is 2.26. The summed E-state index contributed by atoms with van der Waals surface area (Å²) in [5.74, 6) is 0.350. The molecule has 2 rings (SSSR count). The smallest absolute Gasteiger partial charge is 0.255 e. The Morgan fingerprint density at radius 1 is 1.14 bits per heavy atom. The number of anilines is 2. The van der Waals surface area contributed by atoms with Crippen LogP contribution in [0.15, 0.2) is 24.3 Å². The molecule has 0 spiro atoms. The summed E-state index contributed by atoms with van der Waals surface area (Å²) < 4.78 is 0. The molecule has 0 saturated heterocycles. The SMILES string of the molecule is Cc1nc(N(C)C)nc(C)c1NC(=O)c1ccc(C#N)cc1. The third-order valence-corrected chi connectivity index (χ3v) is 3.17. The fourth-order valence-corrected chi connectivity index (χ4v) is 1.96. The summed E-state index contributed by atoms with van der Waals surface area (Å²) in [5.41, 5.74) is 3.02. The molecule has 0 atom stereocenters. The van der Waals surface area contributed by atoms with Gasteiger partial charge in [0, 0.05) is 19.7 Å². The molecule has 0 unspecified atom stereocenters. The largest absolute Gasteiger partial charge is 0.347 e. The van der Waals surface area contributed by atoms with Crippen LogP contribution in [0.3, 0.4) is 0 Å². The normalized spacial score (nSPS) is 9.95. The van der Waals surface area contributed by atoms with Gasteiger partial charge in [0.05, 0.1) is 28.7 Å². The van der Waals surface area contributed by atoms with Crippen molar-refractivity contribution in [3.05, 3.63) is 46.8 Å². The first kappa shape index (κ1) is 15.4. The van der Waals surface area contributed by atoms with E-state index in [-0.39, 0.29) is 5.91 Å². The lowest BCUT2D eigenvalue weighted by atomic mass is 10.1. The number of carbonyl (C=O) groups excluding carboxylic acids is 1. The highest BCUT2D eigenvalue weighted by Gasteiger charge is 2.13. The molecule has 0 saturated carbocycles. The Morgan fingerprint density at radius 2 is 1.68 bits per heavy atom. The lowest BCUT2D eigenvalue weighted by molar-refractivity contribution is 0.102. The van der Waals surface area contributed by atoms with E-state index in [9.17, 15) is 4.79 Å². The molecule has 112 valence electrons. The summed E-state index contributed by atoms with van der Waals surface area (Å²) >= 11 is 0. The summed E-state index contributed by atoms with van der Waals surface area (Å²) in [6.07, 6.45) is 0. The van der Waals surface area contributed by atoms with E-state index in [1.807, 2.05) is 38.9 Å². The zero-order valence-corrected chi connectivity index (χ0v) is 13.0. The van der Waals surface area contributed by atoms with Gasteiger partial charge < -0.3 is 10.2 Å². The van der Waals surface area contributed by atoms with Crippen molar-refractivity contribution < 1.29 is 4.79 Å². The Hall–Kier alpha value is -2.94. The maximum Gasteiger partial charge on any atom is 0.255 e. The number of rotatable bonds is 3. The van der Waals surface area contributed by atoms with Gasteiger partial charge in [-0.15, -0.1) is 0 Å². The van der Waals surface area contributed by atoms with Gasteiger partial charge in [-0.2, -0.15) is 5.26 Å². The third-order valence-electron chi connectivity index (χ3n) is 3.17. The maximum absolute atomic E-state index is 12.3. The van der Waals surface area contributed by atoms with Gasteiger partial charge in [0.2, 0.25) is 5.95 Å². The zero-order chi connectivity index (χ0) is 16.3. The van der Waals surface area contributed by atoms with Crippen LogP contribution < -0.4 is 10.2 Å². The van der Waals surface area contributed by atoms with Crippen LogP contribution in [0.5, 0.6) is 0 Å². The summed E-state index contributed by atoms with van der Waals surface area (Å²) in [6, 6.07) is 8.48. The van der Waals surface area contributed by atoms with E-state index in [0.29, 0.717) is 34.2 Å². The van der Waals surface area contributed by atoms with Crippen molar-refractivity contribution in [2.24, 2.45) is 0 Å². The molecule has 0 aliphatic rings. The highest BCUT2D eigenvalue weighted by Crippen LogP contribution is 2.20. The van der Waals surface area contributed by atoms with E-state index >= 15 is 0 Å². The molecule has 0 bridgehead atoms. The second-order valence-corrected chi connectivity index (χ2v) is 5.11. The third kappa shape index (κ3) is 3.20. The molecule has 1 heterocycles. The molecule has 0 aliphatic heterocycles. The van der Waals surface area contributed by atoms with Crippen LogP contribution in [-0.4, -0.2) is 30.0 Å². The predicted octanol–water partition coefficient (Wildman–Crippen LogP) is 2.28. The van der Waals surface area contributed by atoms with Crippen LogP contribution in [0.4, 0.5) is 11.6 Å². The van der Waals surface area contributed by atoms with Gasteiger partial charge in [0.25, 0.3) is 5.91 Å². The van der Waals surface area contributed by atoms with Gasteiger partial charge in [-0.05, 0) is 38.1 Å². The van der Waals surface area contributed by atoms with Crippen molar-refractivity contribution in [1.29, 1.82) is 5.26 Å². The first-order valence-electron chi connectivity index (χ1n) is 6.76. The molecule has 6 heteroatoms. The number of nitrogens with one attached hydrogen (secondary N) is 1. The van der Waals surface area contributed by atoms with Crippen LogP contribution in [0.1, 0.15) is 27.3 Å². The van der Waals surface area contributed by atoms with E-state index in [1.54, 1.807) is 24.3 Å². The second-order valence-electron chi connectivity index (χ2n) is 5.11. The van der Waals surface area contributed by atoms with Gasteiger partial charge in [-0.1, -0.05) is 0 Å². The fourth-order valence-electron chi connectivity index (χ4n) is 1.96. The minimum Gasteiger partial charge on any atom is -0.347 e. The Morgan fingerprint density at radius 3 is 2.14 bits per heavy atom. The van der Waals surface area contributed by atoms with Gasteiger partial charge >= 0.3 is 0 Å². The van der Waals surface area contributed by atoms with Crippen molar-refractivity contribution in [2.45, 2.75) is 13.8 Å². The van der Waals surface area contributed by atoms with Crippen LogP contribution in [0.25, 0.3) is 0 Å². The molecule has 6 nitrogen and oxygen atoms in total. The summed E-state index contributed by atoms with van der Waals surface area (Å²) in [7, 11) is 3.73. The summed E-state index contributed by atoms with van der Waals surface area (Å²) in [5, 5.41) is 11.6. The summed E-state index contributed by atoms with van der Waals surface area (Å²) in [4.78, 5) is 22.8. The molecule has 1 aromatic carbocycles. The first-order chi connectivity index (χ1) is 10.4. The molecular weight excluding hydrogens is 278 g/mol. The number of carbonyl (C=O) groups is 1. The lowest BCUT2D eigenvalue weighted by Crippen LogP contribution is -2.18. The molecule has 2 aromatic rings. The number of nitriles is 1. The van der Waals surface area contributed by atoms with E-state index in [4.69, 9.17) is 5.26 Å². The standard InChI is InChI=1S/C16H17N5O/c1-10-14(11(2)19-16(18-10)21(3)4)20-15(22)13-7-5-12(9-17)6-8-13/h5-8H,1-4H3,(H,20,22). The molecule has 0 aliphatic carbocycles. The lowest BCUT2D eigenvalue weighted by Gasteiger charge is -2.15. The number of nitrogens with zero attached hydrogens (tertiary/aromatic N) is 4. The topological polar surface area (TPSA) is 81.9 Å². The van der Waals surface area contributed by atoms with Gasteiger partial charge in [0.1, 0.15) is 0 Å². The number of amides is 1. The van der Waals surface area contributed by atoms with E-state index in [1.165, 1.54) is 0 Å². The Bertz CT molecular complexity index is 721. The van der Waals surface area contributed by atoms with Crippen molar-refractivity contribution >= 4 is 17.5 Å². The quantitative estimate of drug-likeness (QED) is 0.939. The minimum atomic E-state index is -0.253. The van der Waals surface area contributed by atoms with E-state index in [0.717, 1.165) is 0 Å². The molecule has 1 amide bonds. The molecular formula is C16H17N5O. The van der Waals surface area contributed by atoms with Gasteiger partial charge in [-0.3, -0.25) is 4.79 Å². The number of hydrogen-bond donors (Lipinski definition) is 1. The molecule has 0 fully saturated rings. The Kier molecular flexibility index (Phi) is 4.37. The highest BCUT2D eigenvalue weighted by atomic mass is 16.1. The molecule has 22 heavy (non-hydrogen) atoms. The van der Waals surface area contributed by atoms with Crippen LogP contribution >= 0.6 is 0 Å². The van der Waals surface area contributed by atoms with Gasteiger partial charge in [0.15, 0.2) is 0 Å². The number of benzene rings is 1. The number of aryl methyl sites for hydroxylation is 2. The van der Waals surface area contributed by atoms with Crippen molar-refractivity contribution in [3.8, 4) is 6.07 Å². The maximum atomic E-state index is 12.3. The fraction of sp³-hybridized carbons (Fsp3) is 0.250. The average molecular weight is 295 g/mol. The van der Waals surface area contributed by atoms with Crippen LogP contribution in [0, 0.1) is 25.2 Å². The van der Waals surface area contributed by atoms with Crippen LogP contribution in [0.2, 0.25) is 0 Å². The Labute approximate surface area is 129 Å². The van der Waals surface area contributed by atoms with Crippen molar-refractivity contribution in [1.82, 2.24) is 9.97 Å². The average Bonchev–Trinajstić information content (AvgIpc) is 2.50. The molecule has 1 N–H and O–H groups in total. The molecule has 0 radical (unpaired) electrons. The van der Waals surface area contributed by atoms with Crippen molar-refractivity contribution in [3.63, 3.8) is 0 Å². The number of aromatic nitrogens is 2. The zero-order valence-electron chi connectivity index (χ0n) is 13.0. The summed E-state index contributed by atoms with van der Waals surface area (Å²) in [6.45, 7) is 3.66. The monoisotopic (exact) mass is 295 g/mol. The second kappa shape index (κ2) is 6.22. The van der Waals surface area contributed by atoms with E-state index < -0.39 is 0 Å². The van der Waals surface area contributed by atoms with E-state index in [2.05, 4.69) is 15.3 Å². The molecule has 1 aromatic heterocycles. The minimum absolute atomic E-state index is 0.253.